The molecule has 142 valence electrons. The van der Waals surface area contributed by atoms with E-state index in [1.54, 1.807) is 0 Å². The summed E-state index contributed by atoms with van der Waals surface area (Å²) in [5, 5.41) is 17.7. The minimum atomic E-state index is -0.485. The number of hydrogen-bond acceptors (Lipinski definition) is 5. The van der Waals surface area contributed by atoms with E-state index in [4.69, 9.17) is 4.74 Å². The van der Waals surface area contributed by atoms with Crippen LogP contribution in [0.4, 0.5) is 0 Å². The average Bonchev–Trinajstić information content (AvgIpc) is 3.11. The molecule has 1 aliphatic rings. The number of nitrogens with one attached hydrogen (secondary N) is 1. The molecule has 3 rings (SSSR count). The lowest BCUT2D eigenvalue weighted by Gasteiger charge is -2.32. The van der Waals surface area contributed by atoms with Gasteiger partial charge in [0.05, 0.1) is 0 Å². The van der Waals surface area contributed by atoms with E-state index >= 15 is 0 Å². The van der Waals surface area contributed by atoms with Gasteiger partial charge in [0.1, 0.15) is 24.3 Å². The number of H-pyrrole nitrogens is 1. The zero-order valence-electron chi connectivity index (χ0n) is 16.0. The fourth-order valence-electron chi connectivity index (χ4n) is 3.58. The monoisotopic (exact) mass is 358 g/mol. The third kappa shape index (κ3) is 4.62. The van der Waals surface area contributed by atoms with Gasteiger partial charge in [0.2, 0.25) is 0 Å². The molecule has 1 unspecified atom stereocenters. The summed E-state index contributed by atoms with van der Waals surface area (Å²) in [6, 6.07) is 6.09. The second-order valence-electron chi connectivity index (χ2n) is 7.25. The van der Waals surface area contributed by atoms with E-state index in [1.165, 1.54) is 0 Å². The Bertz CT molecular complexity index is 687. The largest absolute Gasteiger partial charge is 0.490 e. The molecule has 2 aromatic rings. The number of hydrogen-bond donors (Lipinski definition) is 2. The summed E-state index contributed by atoms with van der Waals surface area (Å²) in [5.41, 5.74) is 2.21. The number of benzene rings is 1. The van der Waals surface area contributed by atoms with Gasteiger partial charge < -0.3 is 14.7 Å². The second kappa shape index (κ2) is 8.64. The molecular formula is C20H30N4O2. The molecule has 1 aliphatic heterocycles. The van der Waals surface area contributed by atoms with Crippen LogP contribution < -0.4 is 4.74 Å². The van der Waals surface area contributed by atoms with Crippen molar-refractivity contribution in [1.82, 2.24) is 20.1 Å². The summed E-state index contributed by atoms with van der Waals surface area (Å²) in [4.78, 5) is 6.87. The van der Waals surface area contributed by atoms with Crippen LogP contribution in [0.15, 0.2) is 18.2 Å². The highest BCUT2D eigenvalue weighted by Gasteiger charge is 2.25. The first-order chi connectivity index (χ1) is 12.6. The highest BCUT2D eigenvalue weighted by molar-refractivity contribution is 5.39. The van der Waals surface area contributed by atoms with Crippen molar-refractivity contribution in [2.24, 2.45) is 0 Å². The number of aromatic nitrogens is 3. The van der Waals surface area contributed by atoms with Gasteiger partial charge in [-0.25, -0.2) is 4.98 Å². The van der Waals surface area contributed by atoms with E-state index in [2.05, 4.69) is 27.0 Å². The Hall–Kier alpha value is -1.92. The maximum Gasteiger partial charge on any atom is 0.153 e. The molecule has 2 heterocycles. The summed E-state index contributed by atoms with van der Waals surface area (Å²) >= 11 is 0. The molecule has 0 radical (unpaired) electrons. The molecule has 0 aliphatic carbocycles. The number of aliphatic hydroxyl groups excluding tert-OH is 1. The van der Waals surface area contributed by atoms with Crippen LogP contribution in [0.2, 0.25) is 0 Å². The van der Waals surface area contributed by atoms with E-state index in [1.807, 2.05) is 32.0 Å². The van der Waals surface area contributed by atoms with Gasteiger partial charge in [0.25, 0.3) is 0 Å². The maximum atomic E-state index is 10.4. The van der Waals surface area contributed by atoms with Crippen molar-refractivity contribution < 1.29 is 9.84 Å². The quantitative estimate of drug-likeness (QED) is 0.796. The number of aryl methyl sites for hydroxylation is 3. The molecule has 1 saturated heterocycles. The van der Waals surface area contributed by atoms with E-state index in [9.17, 15) is 5.11 Å². The molecule has 0 saturated carbocycles. The molecule has 0 amide bonds. The summed E-state index contributed by atoms with van der Waals surface area (Å²) in [5.74, 6) is 3.22. The van der Waals surface area contributed by atoms with Crippen molar-refractivity contribution >= 4 is 0 Å². The van der Waals surface area contributed by atoms with Crippen molar-refractivity contribution in [1.29, 1.82) is 0 Å². The van der Waals surface area contributed by atoms with Crippen molar-refractivity contribution in [2.45, 2.75) is 52.1 Å². The van der Waals surface area contributed by atoms with E-state index in [0.717, 1.165) is 60.9 Å². The summed E-state index contributed by atoms with van der Waals surface area (Å²) in [6.45, 7) is 9.04. The van der Waals surface area contributed by atoms with Gasteiger partial charge in [-0.15, -0.1) is 0 Å². The van der Waals surface area contributed by atoms with Crippen LogP contribution in [0.25, 0.3) is 0 Å². The summed E-state index contributed by atoms with van der Waals surface area (Å²) in [6.07, 6.45) is 2.47. The first-order valence-corrected chi connectivity index (χ1v) is 9.57. The molecule has 1 fully saturated rings. The van der Waals surface area contributed by atoms with Crippen LogP contribution in [0.3, 0.4) is 0 Å². The molecular weight excluding hydrogens is 328 g/mol. The zero-order chi connectivity index (χ0) is 18.5. The predicted octanol–water partition coefficient (Wildman–Crippen LogP) is 2.60. The van der Waals surface area contributed by atoms with Gasteiger partial charge >= 0.3 is 0 Å². The number of likely N-dealkylation sites (tertiary alicyclic amines) is 1. The van der Waals surface area contributed by atoms with Crippen LogP contribution in [0.1, 0.15) is 48.5 Å². The molecule has 1 aromatic carbocycles. The number of aromatic amines is 1. The SMILES string of the molecule is CCc1nc(C2CCN(CC(O)COc3c(C)cccc3C)CC2)n[nH]1. The molecule has 1 atom stereocenters. The molecule has 26 heavy (non-hydrogen) atoms. The smallest absolute Gasteiger partial charge is 0.153 e. The lowest BCUT2D eigenvalue weighted by atomic mass is 9.96. The van der Waals surface area contributed by atoms with E-state index in [0.29, 0.717) is 19.1 Å². The number of ether oxygens (including phenoxy) is 1. The number of para-hydroxylation sites is 1. The van der Waals surface area contributed by atoms with Crippen LogP contribution in [0, 0.1) is 13.8 Å². The highest BCUT2D eigenvalue weighted by Crippen LogP contribution is 2.26. The normalized spacial score (nSPS) is 17.4. The van der Waals surface area contributed by atoms with Gasteiger partial charge in [0, 0.05) is 18.9 Å². The Kier molecular flexibility index (Phi) is 6.27. The second-order valence-corrected chi connectivity index (χ2v) is 7.25. The van der Waals surface area contributed by atoms with Gasteiger partial charge in [-0.2, -0.15) is 5.10 Å². The molecule has 6 heteroatoms. The third-order valence-corrected chi connectivity index (χ3v) is 5.13. The van der Waals surface area contributed by atoms with E-state index < -0.39 is 6.10 Å². The van der Waals surface area contributed by atoms with Crippen LogP contribution in [-0.4, -0.2) is 57.5 Å². The standard InChI is InChI=1S/C20H30N4O2/c1-4-18-21-20(23-22-18)16-8-10-24(11-9-16)12-17(25)13-26-19-14(2)6-5-7-15(19)3/h5-7,16-17,25H,4,8-13H2,1-3H3,(H,21,22,23). The Morgan fingerprint density at radius 2 is 1.96 bits per heavy atom. The number of piperidine rings is 1. The average molecular weight is 358 g/mol. The summed E-state index contributed by atoms with van der Waals surface area (Å²) in [7, 11) is 0. The van der Waals surface area contributed by atoms with Crippen molar-refractivity contribution in [3.8, 4) is 5.75 Å². The molecule has 0 bridgehead atoms. The Balaban J connectivity index is 1.44. The number of β-amino-alcohol motifs (C(OH)–C–C–N with tert-alkyl or cyclic N) is 1. The molecule has 0 spiro atoms. The highest BCUT2D eigenvalue weighted by atomic mass is 16.5. The first kappa shape index (κ1) is 18.9. The molecule has 6 nitrogen and oxygen atoms in total. The Morgan fingerprint density at radius 1 is 1.27 bits per heavy atom. The Labute approximate surface area is 155 Å². The van der Waals surface area contributed by atoms with Crippen molar-refractivity contribution in [3.63, 3.8) is 0 Å². The molecule has 1 aromatic heterocycles. The Morgan fingerprint density at radius 3 is 2.58 bits per heavy atom. The third-order valence-electron chi connectivity index (χ3n) is 5.13. The maximum absolute atomic E-state index is 10.4. The number of nitrogens with zero attached hydrogens (tertiary/aromatic N) is 3. The lowest BCUT2D eigenvalue weighted by molar-refractivity contribution is 0.0587. The predicted molar refractivity (Wildman–Crippen MR) is 102 cm³/mol. The van der Waals surface area contributed by atoms with Gasteiger partial charge in [-0.05, 0) is 50.9 Å². The minimum Gasteiger partial charge on any atom is -0.490 e. The van der Waals surface area contributed by atoms with Crippen LogP contribution in [0.5, 0.6) is 5.75 Å². The molecule has 2 N–H and O–H groups in total. The van der Waals surface area contributed by atoms with Gasteiger partial charge in [-0.3, -0.25) is 5.10 Å². The number of aliphatic hydroxyl groups is 1. The van der Waals surface area contributed by atoms with Crippen LogP contribution >= 0.6 is 0 Å². The number of rotatable bonds is 7. The lowest BCUT2D eigenvalue weighted by Crippen LogP contribution is -2.40. The topological polar surface area (TPSA) is 74.3 Å². The fourth-order valence-corrected chi connectivity index (χ4v) is 3.58. The first-order valence-electron chi connectivity index (χ1n) is 9.57. The van der Waals surface area contributed by atoms with Gasteiger partial charge in [-0.1, -0.05) is 25.1 Å². The summed E-state index contributed by atoms with van der Waals surface area (Å²) < 4.78 is 5.88. The van der Waals surface area contributed by atoms with Crippen LogP contribution in [-0.2, 0) is 6.42 Å². The van der Waals surface area contributed by atoms with Crippen molar-refractivity contribution in [2.75, 3.05) is 26.2 Å². The zero-order valence-corrected chi connectivity index (χ0v) is 16.0. The van der Waals surface area contributed by atoms with Crippen molar-refractivity contribution in [3.05, 3.63) is 41.0 Å². The van der Waals surface area contributed by atoms with E-state index in [-0.39, 0.29) is 0 Å². The fraction of sp³-hybridized carbons (Fsp3) is 0.600. The van der Waals surface area contributed by atoms with Gasteiger partial charge in [0.15, 0.2) is 5.82 Å². The minimum absolute atomic E-state index is 0.326.